The third kappa shape index (κ3) is 30.8. The van der Waals surface area contributed by atoms with Crippen LogP contribution in [0.4, 0.5) is 0 Å². The number of esters is 1. The van der Waals surface area contributed by atoms with Gasteiger partial charge in [-0.1, -0.05) is 77.6 Å². The van der Waals surface area contributed by atoms with Gasteiger partial charge in [0.25, 0.3) is 0 Å². The summed E-state index contributed by atoms with van der Waals surface area (Å²) >= 11 is 0. The fourth-order valence-corrected chi connectivity index (χ4v) is 3.02. The van der Waals surface area contributed by atoms with Crippen LogP contribution >= 0.6 is 0 Å². The van der Waals surface area contributed by atoms with E-state index in [-0.39, 0.29) is 55.2 Å². The number of unbranched alkanes of at least 4 members (excludes halogenated alkanes) is 11. The van der Waals surface area contributed by atoms with E-state index < -0.39 is 36.0 Å². The van der Waals surface area contributed by atoms with E-state index in [0.29, 0.717) is 6.61 Å². The first kappa shape index (κ1) is 38.3. The van der Waals surface area contributed by atoms with Gasteiger partial charge in [-0.2, -0.15) is 0 Å². The predicted molar refractivity (Wildman–Crippen MR) is 127 cm³/mol. The molecule has 0 spiro atoms. The summed E-state index contributed by atoms with van der Waals surface area (Å²) in [7, 11) is 0. The molecule has 0 radical (unpaired) electrons. The molecule has 11 heteroatoms. The Hall–Kier alpha value is -1.20. The fourth-order valence-electron chi connectivity index (χ4n) is 3.02. The Balaban J connectivity index is -0.000000784. The summed E-state index contributed by atoms with van der Waals surface area (Å²) in [5.41, 5.74) is 10.5. The first-order chi connectivity index (χ1) is 16.1. The summed E-state index contributed by atoms with van der Waals surface area (Å²) in [6.45, 7) is 2.63. The standard InChI is InChI=1S/C19H37NO4.C5H9NO4.Na/c1-2-3-4-5-6-7-8-9-10-11-12-13-16-24-19(23)17(20)14-15-18(21)22;6-3(5(9)10)1-2-4(7)8;/h17H,2-16,20H2,1H3,(H,21,22);3H,1-2,6H2,(H,7,8)(H,9,10);/q;;+1/p-1/t17-;3-;/m00./s1. The largest absolute Gasteiger partial charge is 1.00 e. The summed E-state index contributed by atoms with van der Waals surface area (Å²) in [5.74, 6) is -3.91. The monoisotopic (exact) mass is 512 g/mol. The van der Waals surface area contributed by atoms with E-state index in [1.165, 1.54) is 64.2 Å². The van der Waals surface area contributed by atoms with Gasteiger partial charge < -0.3 is 36.3 Å². The van der Waals surface area contributed by atoms with Crippen LogP contribution in [0, 0.1) is 0 Å². The van der Waals surface area contributed by atoms with E-state index in [4.69, 9.17) is 26.4 Å². The summed E-state index contributed by atoms with van der Waals surface area (Å²) in [6, 6.07) is -1.99. The number of carboxylic acids is 3. The van der Waals surface area contributed by atoms with Crippen LogP contribution in [0.3, 0.4) is 0 Å². The molecule has 0 aromatic rings. The van der Waals surface area contributed by atoms with Crippen molar-refractivity contribution in [2.45, 2.75) is 122 Å². The van der Waals surface area contributed by atoms with Crippen LogP contribution in [0.2, 0.25) is 0 Å². The molecule has 0 aliphatic carbocycles. The number of carbonyl (C=O) groups excluding carboxylic acids is 2. The third-order valence-corrected chi connectivity index (χ3v) is 5.19. The smallest absolute Gasteiger partial charge is 0.548 e. The molecule has 2 atom stereocenters. The van der Waals surface area contributed by atoms with Crippen LogP contribution in [0.1, 0.15) is 110 Å². The molecule has 0 saturated carbocycles. The Morgan fingerprint density at radius 1 is 0.714 bits per heavy atom. The molecule has 0 saturated heterocycles. The maximum Gasteiger partial charge on any atom is 1.00 e. The minimum Gasteiger partial charge on any atom is -0.548 e. The number of hydrogen-bond donors (Lipinski definition) is 4. The first-order valence-corrected chi connectivity index (χ1v) is 12.4. The second kappa shape index (κ2) is 27.4. The topological polar surface area (TPSA) is 193 Å². The zero-order valence-corrected chi connectivity index (χ0v) is 23.7. The van der Waals surface area contributed by atoms with Gasteiger partial charge in [-0.05, 0) is 19.3 Å². The Morgan fingerprint density at radius 2 is 1.09 bits per heavy atom. The molecule has 0 fully saturated rings. The molecule has 0 rings (SSSR count). The Bertz CT molecular complexity index is 564. The van der Waals surface area contributed by atoms with Crippen molar-refractivity contribution in [2.75, 3.05) is 6.61 Å². The minimum atomic E-state index is -1.42. The molecule has 6 N–H and O–H groups in total. The second-order valence-electron chi connectivity index (χ2n) is 8.45. The number of carboxylic acid groups (broad SMARTS) is 3. The Kier molecular flexibility index (Phi) is 30.0. The average molecular weight is 513 g/mol. The molecule has 35 heavy (non-hydrogen) atoms. The van der Waals surface area contributed by atoms with E-state index in [2.05, 4.69) is 6.92 Å². The molecule has 0 amide bonds. The molecule has 0 aromatic heterocycles. The molecule has 0 unspecified atom stereocenters. The predicted octanol–water partition coefficient (Wildman–Crippen LogP) is -0.645. The first-order valence-electron chi connectivity index (χ1n) is 12.4. The minimum absolute atomic E-state index is 0. The van der Waals surface area contributed by atoms with Crippen molar-refractivity contribution in [3.05, 3.63) is 0 Å². The van der Waals surface area contributed by atoms with Gasteiger partial charge in [0.15, 0.2) is 0 Å². The van der Waals surface area contributed by atoms with Gasteiger partial charge in [0.1, 0.15) is 6.04 Å². The molecule has 0 heterocycles. The van der Waals surface area contributed by atoms with E-state index in [0.717, 1.165) is 12.8 Å². The summed E-state index contributed by atoms with van der Waals surface area (Å²) in [4.78, 5) is 41.7. The molecule has 0 bridgehead atoms. The maximum atomic E-state index is 11.5. The molecular formula is C24H45N2NaO8. The van der Waals surface area contributed by atoms with E-state index in [1.807, 2.05) is 0 Å². The van der Waals surface area contributed by atoms with Gasteiger partial charge in [-0.25, -0.2) is 0 Å². The zero-order chi connectivity index (χ0) is 26.2. The number of aliphatic carboxylic acids is 3. The Labute approximate surface area is 231 Å². The summed E-state index contributed by atoms with van der Waals surface area (Å²) in [6.07, 6.45) is 14.9. The van der Waals surface area contributed by atoms with Crippen molar-refractivity contribution in [3.63, 3.8) is 0 Å². The van der Waals surface area contributed by atoms with Crippen LogP contribution in [0.25, 0.3) is 0 Å². The molecule has 0 aliphatic rings. The molecular weight excluding hydrogens is 467 g/mol. The normalized spacial score (nSPS) is 11.9. The molecule has 0 aliphatic heterocycles. The number of hydrogen-bond acceptors (Lipinski definition) is 8. The van der Waals surface area contributed by atoms with Crippen LogP contribution in [0.5, 0.6) is 0 Å². The van der Waals surface area contributed by atoms with Crippen molar-refractivity contribution >= 4 is 23.9 Å². The molecule has 10 nitrogen and oxygen atoms in total. The van der Waals surface area contributed by atoms with Gasteiger partial charge in [-0.15, -0.1) is 0 Å². The maximum absolute atomic E-state index is 11.5. The van der Waals surface area contributed by atoms with Gasteiger partial charge in [-0.3, -0.25) is 14.4 Å². The fraction of sp³-hybridized carbons (Fsp3) is 0.833. The van der Waals surface area contributed by atoms with Crippen molar-refractivity contribution in [1.29, 1.82) is 0 Å². The summed E-state index contributed by atoms with van der Waals surface area (Å²) in [5, 5.41) is 26.5. The van der Waals surface area contributed by atoms with E-state index >= 15 is 0 Å². The van der Waals surface area contributed by atoms with Crippen molar-refractivity contribution < 1.29 is 68.8 Å². The zero-order valence-electron chi connectivity index (χ0n) is 21.7. The average Bonchev–Trinajstić information content (AvgIpc) is 2.78. The van der Waals surface area contributed by atoms with Crippen LogP contribution in [-0.2, 0) is 23.9 Å². The van der Waals surface area contributed by atoms with E-state index in [9.17, 15) is 24.3 Å². The summed E-state index contributed by atoms with van der Waals surface area (Å²) < 4.78 is 5.07. The number of carbonyl (C=O) groups is 4. The molecule has 200 valence electrons. The number of rotatable bonds is 21. The van der Waals surface area contributed by atoms with Gasteiger partial charge in [0.2, 0.25) is 0 Å². The van der Waals surface area contributed by atoms with Crippen LogP contribution in [0.15, 0.2) is 0 Å². The SMILES string of the molecule is CCCCCCCCCCCCCCOC(=O)[C@@H](N)CCC(=O)O.N[C@@H](CCC(=O)O)C(=O)[O-].[Na+]. The molecule has 0 aromatic carbocycles. The number of nitrogens with two attached hydrogens (primary N) is 2. The van der Waals surface area contributed by atoms with Crippen LogP contribution in [-0.4, -0.2) is 52.8 Å². The van der Waals surface area contributed by atoms with Crippen LogP contribution < -0.4 is 46.1 Å². The second-order valence-corrected chi connectivity index (χ2v) is 8.45. The van der Waals surface area contributed by atoms with Crippen molar-refractivity contribution in [3.8, 4) is 0 Å². The third-order valence-electron chi connectivity index (χ3n) is 5.19. The Morgan fingerprint density at radius 3 is 1.46 bits per heavy atom. The van der Waals surface area contributed by atoms with Gasteiger partial charge in [0.05, 0.1) is 12.6 Å². The number of ether oxygens (including phenoxy) is 1. The van der Waals surface area contributed by atoms with Crippen molar-refractivity contribution in [2.24, 2.45) is 11.5 Å². The van der Waals surface area contributed by atoms with Gasteiger partial charge in [0, 0.05) is 18.9 Å². The van der Waals surface area contributed by atoms with Gasteiger partial charge >= 0.3 is 47.5 Å². The van der Waals surface area contributed by atoms with E-state index in [1.54, 1.807) is 0 Å². The van der Waals surface area contributed by atoms with Crippen molar-refractivity contribution in [1.82, 2.24) is 0 Å². The quantitative estimate of drug-likeness (QED) is 0.0872.